The molecule has 1 saturated heterocycles. The minimum Gasteiger partial charge on any atom is -0.486 e. The number of hydrogen-bond donors (Lipinski definition) is 0. The molecule has 2 aliphatic heterocycles. The topological polar surface area (TPSA) is 106 Å². The first kappa shape index (κ1) is 35.7. The Morgan fingerprint density at radius 3 is 2.55 bits per heavy atom. The zero-order chi connectivity index (χ0) is 35.1. The van der Waals surface area contributed by atoms with Crippen molar-refractivity contribution >= 4 is 48.3 Å². The molecule has 0 radical (unpaired) electrons. The van der Waals surface area contributed by atoms with E-state index in [-0.39, 0.29) is 19.1 Å². The van der Waals surface area contributed by atoms with Gasteiger partial charge in [0.2, 0.25) is 0 Å². The van der Waals surface area contributed by atoms with Gasteiger partial charge < -0.3 is 23.5 Å². The predicted molar refractivity (Wildman–Crippen MR) is 193 cm³/mol. The highest BCUT2D eigenvalue weighted by atomic mass is 35.5. The normalized spacial score (nSPS) is 17.4. The van der Waals surface area contributed by atoms with Gasteiger partial charge in [0.25, 0.3) is 0 Å². The average Bonchev–Trinajstić information content (AvgIpc) is 3.70. The second-order valence-corrected chi connectivity index (χ2v) is 21.4. The molecule has 2 atom stereocenters. The smallest absolute Gasteiger partial charge is 0.410 e. The van der Waals surface area contributed by atoms with Crippen LogP contribution in [0.5, 0.6) is 5.75 Å². The largest absolute Gasteiger partial charge is 0.486 e. The van der Waals surface area contributed by atoms with Crippen LogP contribution in [0.2, 0.25) is 35.7 Å². The van der Waals surface area contributed by atoms with Gasteiger partial charge in [0.1, 0.15) is 29.9 Å². The number of carbonyl (C=O) groups excluding carboxylic acids is 1. The van der Waals surface area contributed by atoms with Gasteiger partial charge in [0, 0.05) is 44.6 Å². The molecule has 11 nitrogen and oxygen atoms in total. The second kappa shape index (κ2) is 14.2. The monoisotopic (exact) mass is 728 g/mol. The highest BCUT2D eigenvalue weighted by molar-refractivity contribution is 6.76. The van der Waals surface area contributed by atoms with Crippen LogP contribution in [0.25, 0.3) is 22.4 Å². The number of pyridine rings is 1. The van der Waals surface area contributed by atoms with E-state index in [9.17, 15) is 4.79 Å². The molecule has 14 heteroatoms. The van der Waals surface area contributed by atoms with Gasteiger partial charge in [-0.2, -0.15) is 5.10 Å². The molecule has 1 aromatic carbocycles. The second-order valence-electron chi connectivity index (χ2n) is 15.0. The zero-order valence-electron chi connectivity index (χ0n) is 29.4. The molecule has 5 heterocycles. The lowest BCUT2D eigenvalue weighted by atomic mass is 10.1. The van der Waals surface area contributed by atoms with E-state index in [1.54, 1.807) is 17.3 Å². The molecule has 6 rings (SSSR count). The SMILES string of the molecule is CC(Oc1ccc2c(c1)c(-c1nc3c(n1COCC[Si](C)(C)C)CN(C(=O)OC(C)(C)C)C3)nn2C1CCCCO1)c1c(Cl)cncc1Cl. The summed E-state index contributed by atoms with van der Waals surface area (Å²) in [6.07, 6.45) is 5.06. The Kier molecular flexibility index (Phi) is 10.3. The molecule has 3 aromatic heterocycles. The molecule has 1 fully saturated rings. The summed E-state index contributed by atoms with van der Waals surface area (Å²) in [6.45, 7) is 16.8. The van der Waals surface area contributed by atoms with Crippen LogP contribution in [0.3, 0.4) is 0 Å². The first-order valence-electron chi connectivity index (χ1n) is 16.9. The summed E-state index contributed by atoms with van der Waals surface area (Å²) in [5.41, 5.74) is 3.38. The number of carbonyl (C=O) groups is 1. The van der Waals surface area contributed by atoms with Crippen molar-refractivity contribution in [3.05, 3.63) is 57.6 Å². The number of fused-ring (bicyclic) bond motifs is 2. The number of benzene rings is 1. The van der Waals surface area contributed by atoms with E-state index in [0.717, 1.165) is 47.6 Å². The van der Waals surface area contributed by atoms with E-state index in [0.29, 0.717) is 59.2 Å². The van der Waals surface area contributed by atoms with E-state index >= 15 is 0 Å². The van der Waals surface area contributed by atoms with Crippen molar-refractivity contribution in [2.24, 2.45) is 0 Å². The lowest BCUT2D eigenvalue weighted by Crippen LogP contribution is -2.34. The Morgan fingerprint density at radius 1 is 1.12 bits per heavy atom. The number of halogens is 2. The van der Waals surface area contributed by atoms with Gasteiger partial charge in [-0.05, 0) is 71.2 Å². The fourth-order valence-corrected chi connectivity index (χ4v) is 7.56. The van der Waals surface area contributed by atoms with Crippen molar-refractivity contribution in [1.29, 1.82) is 0 Å². The van der Waals surface area contributed by atoms with Gasteiger partial charge in [-0.3, -0.25) is 9.88 Å². The Morgan fingerprint density at radius 2 is 1.88 bits per heavy atom. The Bertz CT molecular complexity index is 1810. The summed E-state index contributed by atoms with van der Waals surface area (Å²) in [6, 6.07) is 6.96. The number of amides is 1. The van der Waals surface area contributed by atoms with Gasteiger partial charge in [-0.25, -0.2) is 14.5 Å². The van der Waals surface area contributed by atoms with Crippen molar-refractivity contribution in [2.45, 2.75) is 110 Å². The van der Waals surface area contributed by atoms with Crippen LogP contribution in [0.15, 0.2) is 30.6 Å². The summed E-state index contributed by atoms with van der Waals surface area (Å²) < 4.78 is 28.7. The van der Waals surface area contributed by atoms with Crippen LogP contribution in [-0.4, -0.2) is 62.2 Å². The molecular weight excluding hydrogens is 683 g/mol. The molecule has 1 amide bonds. The number of hydrogen-bond acceptors (Lipinski definition) is 8. The quantitative estimate of drug-likeness (QED) is 0.118. The van der Waals surface area contributed by atoms with Crippen LogP contribution in [0, 0.1) is 0 Å². The van der Waals surface area contributed by atoms with Gasteiger partial charge >= 0.3 is 6.09 Å². The Labute approximate surface area is 298 Å². The van der Waals surface area contributed by atoms with Gasteiger partial charge in [-0.1, -0.05) is 42.8 Å². The number of aromatic nitrogens is 5. The molecule has 264 valence electrons. The van der Waals surface area contributed by atoms with E-state index in [4.69, 9.17) is 52.2 Å². The summed E-state index contributed by atoms with van der Waals surface area (Å²) in [5, 5.41) is 6.92. The number of nitrogens with zero attached hydrogens (tertiary/aromatic N) is 6. The van der Waals surface area contributed by atoms with E-state index in [2.05, 4.69) is 29.2 Å². The predicted octanol–water partition coefficient (Wildman–Crippen LogP) is 9.00. The molecular formula is C35H46Cl2N6O5Si. The van der Waals surface area contributed by atoms with Crippen LogP contribution in [-0.2, 0) is 34.0 Å². The van der Waals surface area contributed by atoms with E-state index in [1.165, 1.54) is 0 Å². The fourth-order valence-electron chi connectivity index (χ4n) is 6.13. The third kappa shape index (κ3) is 8.09. The summed E-state index contributed by atoms with van der Waals surface area (Å²) >= 11 is 12.9. The molecule has 49 heavy (non-hydrogen) atoms. The van der Waals surface area contributed by atoms with Crippen LogP contribution in [0.1, 0.15) is 76.2 Å². The number of imidazole rings is 1. The molecule has 0 spiro atoms. The molecule has 0 aliphatic carbocycles. The van der Waals surface area contributed by atoms with Crippen molar-refractivity contribution in [3.63, 3.8) is 0 Å². The molecule has 4 aromatic rings. The standard InChI is InChI=1S/C35H46Cl2N6O5Si/c1-22(31-25(36)17-38-18-26(31)37)47-23-11-12-28-24(16-23)32(40-43(28)30-10-8-9-13-46-30)33-39-27-19-41(34(44)48-35(2,3)4)20-29(27)42(33)21-45-14-15-49(5,6)7/h11-12,16-18,22,30H,8-10,13-15,19-21H2,1-7H3. The lowest BCUT2D eigenvalue weighted by Gasteiger charge is -2.24. The zero-order valence-corrected chi connectivity index (χ0v) is 31.9. The maximum Gasteiger partial charge on any atom is 0.410 e. The minimum absolute atomic E-state index is 0.198. The maximum atomic E-state index is 13.1. The minimum atomic E-state index is -1.31. The van der Waals surface area contributed by atoms with Crippen molar-refractivity contribution in [1.82, 2.24) is 29.2 Å². The average molecular weight is 730 g/mol. The van der Waals surface area contributed by atoms with Gasteiger partial charge in [0.15, 0.2) is 12.1 Å². The number of ether oxygens (including phenoxy) is 4. The molecule has 2 aliphatic rings. The van der Waals surface area contributed by atoms with Crippen LogP contribution >= 0.6 is 23.2 Å². The van der Waals surface area contributed by atoms with E-state index < -0.39 is 19.8 Å². The van der Waals surface area contributed by atoms with Crippen molar-refractivity contribution in [2.75, 3.05) is 13.2 Å². The summed E-state index contributed by atoms with van der Waals surface area (Å²) in [5.74, 6) is 1.30. The molecule has 0 bridgehead atoms. The number of rotatable bonds is 10. The summed E-state index contributed by atoms with van der Waals surface area (Å²) in [7, 11) is -1.31. The van der Waals surface area contributed by atoms with Gasteiger partial charge in [0.05, 0.1) is 40.0 Å². The molecule has 2 unspecified atom stereocenters. The van der Waals surface area contributed by atoms with Crippen molar-refractivity contribution in [3.8, 4) is 17.3 Å². The molecule has 0 saturated carbocycles. The third-order valence-corrected chi connectivity index (χ3v) is 10.9. The lowest BCUT2D eigenvalue weighted by molar-refractivity contribution is -0.0365. The van der Waals surface area contributed by atoms with E-state index in [1.807, 2.05) is 50.6 Å². The van der Waals surface area contributed by atoms with Crippen LogP contribution in [0.4, 0.5) is 4.79 Å². The third-order valence-electron chi connectivity index (χ3n) is 8.63. The Hall–Kier alpha value is -3.16. The molecule has 0 N–H and O–H groups in total. The fraction of sp³-hybridized carbons (Fsp3) is 0.543. The highest BCUT2D eigenvalue weighted by Gasteiger charge is 2.34. The first-order valence-corrected chi connectivity index (χ1v) is 21.4. The summed E-state index contributed by atoms with van der Waals surface area (Å²) in [4.78, 5) is 24.0. The van der Waals surface area contributed by atoms with Crippen LogP contribution < -0.4 is 4.74 Å². The highest BCUT2D eigenvalue weighted by Crippen LogP contribution is 2.39. The Balaban J connectivity index is 1.40. The first-order chi connectivity index (χ1) is 23.2. The van der Waals surface area contributed by atoms with Crippen molar-refractivity contribution < 1.29 is 23.7 Å². The maximum absolute atomic E-state index is 13.1. The van der Waals surface area contributed by atoms with Gasteiger partial charge in [-0.15, -0.1) is 0 Å².